The van der Waals surface area contributed by atoms with Crippen LogP contribution < -0.4 is 32.3 Å². The number of nitrogens with two attached hydrogens (primary N) is 1. The highest BCUT2D eigenvalue weighted by Crippen LogP contribution is 2.42. The Morgan fingerprint density at radius 1 is 0.716 bits per heavy atom. The van der Waals surface area contributed by atoms with Crippen molar-refractivity contribution in [2.45, 2.75) is 170 Å². The second-order valence-corrected chi connectivity index (χ2v) is 29.5. The normalized spacial score (nSPS) is 29.0. The first-order valence-corrected chi connectivity index (χ1v) is 34.8. The van der Waals surface area contributed by atoms with E-state index >= 15 is 13.6 Å². The average Bonchev–Trinajstić information content (AvgIpc) is 2.78. The van der Waals surface area contributed by atoms with Gasteiger partial charge in [-0.2, -0.15) is 8.61 Å². The monoisotopic (exact) mass is 1280 g/mol. The van der Waals surface area contributed by atoms with Crippen LogP contribution in [0.4, 0.5) is 29.3 Å². The van der Waals surface area contributed by atoms with Crippen molar-refractivity contribution in [2.75, 3.05) is 62.0 Å². The number of methoxy groups -OCH3 is 1. The van der Waals surface area contributed by atoms with Gasteiger partial charge < -0.3 is 46.5 Å². The van der Waals surface area contributed by atoms with E-state index in [1.165, 1.54) is 36.4 Å². The van der Waals surface area contributed by atoms with E-state index in [1.807, 2.05) is 19.1 Å². The summed E-state index contributed by atoms with van der Waals surface area (Å²) in [6, 6.07) is 18.3. The molecule has 88 heavy (non-hydrogen) atoms. The first-order valence-electron chi connectivity index (χ1n) is 31.2. The van der Waals surface area contributed by atoms with Gasteiger partial charge in [0.1, 0.15) is 23.5 Å². The second-order valence-electron chi connectivity index (χ2n) is 25.0. The Kier molecular flexibility index (Phi) is 21.9. The van der Waals surface area contributed by atoms with Crippen molar-refractivity contribution in [3.63, 3.8) is 0 Å². The standard InChI is InChI=1S/C64H84ClF3N8O10S2/c1-39-32-44(58(41-13-20-46(66)21-14-41)60(69)62(77)73-57-34-47(67)22-12-40(57)15-23-50-35-70-48-6-4-30-87(80,81)75(50)37-48)33-53(86-39)28-29-85-64(79)74-61(59(42-10-18-45(65)19-11-42)43-16-25-52(84-2)26-17-43)63(78)72-56-9-3-8-55(68)54(56)27-24-51-36-71-49-7-5-31-88(82,83)76(51)38-49/h3,8-14,18-22,34,39,43-44,48-53,58-61,70-71H,4-7,15-17,23-33,35-38,69H2,1-2H3,(H,72,78)(H,73,77)(H,74,79)/t39-,43?,44?,48+,49+,50-,51-,52?,53+,58-,59-,60-,61-/m0/s1. The molecule has 6 aliphatic rings. The summed E-state index contributed by atoms with van der Waals surface area (Å²) < 4.78 is 120. The van der Waals surface area contributed by atoms with Crippen LogP contribution >= 0.6 is 11.6 Å². The zero-order chi connectivity index (χ0) is 62.3. The number of nitrogens with zero attached hydrogens (tertiary/aromatic N) is 2. The van der Waals surface area contributed by atoms with Gasteiger partial charge >= 0.3 is 6.09 Å². The summed E-state index contributed by atoms with van der Waals surface area (Å²) in [5, 5.41) is 16.2. The quantitative estimate of drug-likeness (QED) is 0.0459. The summed E-state index contributed by atoms with van der Waals surface area (Å²) in [5.41, 5.74) is 9.54. The Hall–Kier alpha value is -5.21. The maximum Gasteiger partial charge on any atom is 0.407 e. The molecule has 0 aromatic heterocycles. The van der Waals surface area contributed by atoms with Gasteiger partial charge in [-0.3, -0.25) is 9.59 Å². The highest BCUT2D eigenvalue weighted by molar-refractivity contribution is 7.89. The van der Waals surface area contributed by atoms with E-state index in [-0.39, 0.29) is 90.1 Å². The number of carbonyl (C=O) groups is 3. The number of halogens is 4. The number of rotatable bonds is 21. The molecule has 6 fully saturated rings. The molecule has 4 bridgehead atoms. The van der Waals surface area contributed by atoms with Crippen LogP contribution in [0.2, 0.25) is 5.02 Å². The lowest BCUT2D eigenvalue weighted by atomic mass is 9.72. The minimum Gasteiger partial charge on any atom is -0.449 e. The maximum atomic E-state index is 16.1. The fraction of sp³-hybridized carbons (Fsp3) is 0.578. The number of anilines is 2. The van der Waals surface area contributed by atoms with Crippen LogP contribution in [0.3, 0.4) is 0 Å². The van der Waals surface area contributed by atoms with E-state index < -0.39 is 91.5 Å². The molecule has 24 heteroatoms. The Morgan fingerprint density at radius 3 is 1.97 bits per heavy atom. The van der Waals surface area contributed by atoms with Crippen LogP contribution in [0.25, 0.3) is 0 Å². The molecule has 0 spiro atoms. The van der Waals surface area contributed by atoms with Gasteiger partial charge in [0.2, 0.25) is 31.9 Å². The molecule has 13 atom stereocenters. The lowest BCUT2D eigenvalue weighted by molar-refractivity contribution is -0.119. The third-order valence-electron chi connectivity index (χ3n) is 19.2. The Bertz CT molecular complexity index is 3300. The van der Waals surface area contributed by atoms with Crippen LogP contribution in [-0.2, 0) is 56.7 Å². The number of alkyl carbamates (subject to hydrolysis) is 1. The van der Waals surface area contributed by atoms with E-state index in [1.54, 1.807) is 52.1 Å². The second kappa shape index (κ2) is 29.4. The molecule has 480 valence electrons. The summed E-state index contributed by atoms with van der Waals surface area (Å²) >= 11 is 6.42. The fourth-order valence-corrected chi connectivity index (χ4v) is 18.4. The van der Waals surface area contributed by atoms with Gasteiger partial charge in [-0.25, -0.2) is 34.8 Å². The van der Waals surface area contributed by atoms with Gasteiger partial charge in [0.15, 0.2) is 0 Å². The van der Waals surface area contributed by atoms with E-state index in [4.69, 9.17) is 31.5 Å². The molecule has 3 amide bonds. The van der Waals surface area contributed by atoms with Gasteiger partial charge in [-0.1, -0.05) is 48.0 Å². The third-order valence-corrected chi connectivity index (χ3v) is 23.4. The molecule has 0 radical (unpaired) electrons. The molecule has 4 aromatic rings. The molecule has 1 saturated carbocycles. The van der Waals surface area contributed by atoms with Gasteiger partial charge in [0, 0.05) is 97.7 Å². The van der Waals surface area contributed by atoms with Crippen LogP contribution in [0.5, 0.6) is 0 Å². The number of sulfonamides is 2. The predicted octanol–water partition coefficient (Wildman–Crippen LogP) is 8.50. The summed E-state index contributed by atoms with van der Waals surface area (Å²) in [6.07, 6.45) is 5.86. The van der Waals surface area contributed by atoms with Crippen molar-refractivity contribution in [1.29, 1.82) is 0 Å². The smallest absolute Gasteiger partial charge is 0.407 e. The van der Waals surface area contributed by atoms with E-state index in [0.29, 0.717) is 113 Å². The molecule has 7 N–H and O–H groups in total. The summed E-state index contributed by atoms with van der Waals surface area (Å²) in [5.74, 6) is -4.47. The average molecular weight is 1280 g/mol. The molecule has 5 saturated heterocycles. The lowest BCUT2D eigenvalue weighted by Crippen LogP contribution is -2.57. The number of aryl methyl sites for hydroxylation is 1. The maximum absolute atomic E-state index is 16.1. The molecule has 10 rings (SSSR count). The van der Waals surface area contributed by atoms with Crippen molar-refractivity contribution in [1.82, 2.24) is 24.6 Å². The number of carbonyl (C=O) groups excluding carboxylic acids is 3. The van der Waals surface area contributed by atoms with Gasteiger partial charge in [-0.05, 0) is 174 Å². The van der Waals surface area contributed by atoms with Crippen LogP contribution in [0.15, 0.2) is 84.9 Å². The number of benzene rings is 4. The summed E-state index contributed by atoms with van der Waals surface area (Å²) in [7, 11) is -5.30. The number of nitrogens with one attached hydrogen (secondary N) is 5. The van der Waals surface area contributed by atoms with Crippen molar-refractivity contribution in [3.05, 3.63) is 130 Å². The van der Waals surface area contributed by atoms with E-state index in [0.717, 1.165) is 18.4 Å². The van der Waals surface area contributed by atoms with Crippen molar-refractivity contribution in [2.24, 2.45) is 17.6 Å². The molecule has 5 aliphatic heterocycles. The Morgan fingerprint density at radius 2 is 1.32 bits per heavy atom. The minimum atomic E-state index is -3.52. The Labute approximate surface area is 520 Å². The fourth-order valence-electron chi connectivity index (χ4n) is 14.6. The lowest BCUT2D eigenvalue weighted by Gasteiger charge is -2.40. The van der Waals surface area contributed by atoms with E-state index in [2.05, 4.69) is 26.6 Å². The van der Waals surface area contributed by atoms with Crippen LogP contribution in [0, 0.1) is 29.3 Å². The largest absolute Gasteiger partial charge is 0.449 e. The number of ether oxygens (including phenoxy) is 3. The first kappa shape index (κ1) is 65.7. The molecule has 4 aromatic carbocycles. The van der Waals surface area contributed by atoms with Crippen molar-refractivity contribution >= 4 is 60.9 Å². The SMILES string of the molecule is COC1CCC([C@H](c2ccc(Cl)cc2)[C@H](NC(=O)OCC[C@@H]2CC([C@H](c3ccc(F)cc3)[C@H](N)C(=O)Nc3cc(F)ccc3CC[C@H]3CN[C@@H]4CCCS(=O)(=O)N3C4)C[C@H](C)O2)C(=O)Nc2cccc(F)c2CC[C@H]2CN[C@@H]3CCCS(=O)(=O)N2C3)CC1. The number of fused-ring (bicyclic) bond motifs is 4. The predicted molar refractivity (Wildman–Crippen MR) is 331 cm³/mol. The Balaban J connectivity index is 0.835. The first-order chi connectivity index (χ1) is 42.2. The summed E-state index contributed by atoms with van der Waals surface area (Å²) in [6.45, 7) is 3.37. The highest BCUT2D eigenvalue weighted by Gasteiger charge is 2.43. The molecular weight excluding hydrogens is 1200 g/mol. The van der Waals surface area contributed by atoms with E-state index in [9.17, 15) is 30.8 Å². The van der Waals surface area contributed by atoms with Crippen LogP contribution in [0.1, 0.15) is 124 Å². The number of hydrogen-bond donors (Lipinski definition) is 6. The van der Waals surface area contributed by atoms with Crippen molar-refractivity contribution < 1.29 is 58.6 Å². The topological polar surface area (TPSA) is 240 Å². The highest BCUT2D eigenvalue weighted by atomic mass is 35.5. The van der Waals surface area contributed by atoms with Crippen molar-refractivity contribution in [3.8, 4) is 0 Å². The minimum absolute atomic E-state index is 0.0169. The van der Waals surface area contributed by atoms with Gasteiger partial charge in [0.05, 0.1) is 42.5 Å². The molecule has 18 nitrogen and oxygen atoms in total. The molecular formula is C64H84ClF3N8O10S2. The number of amides is 3. The molecule has 3 unspecified atom stereocenters. The zero-order valence-corrected chi connectivity index (χ0v) is 52.4. The van der Waals surface area contributed by atoms with Gasteiger partial charge in [-0.15, -0.1) is 0 Å². The van der Waals surface area contributed by atoms with Gasteiger partial charge in [0.25, 0.3) is 0 Å². The number of hydrogen-bond acceptors (Lipinski definition) is 13. The zero-order valence-electron chi connectivity index (χ0n) is 50.0. The molecule has 1 aliphatic carbocycles. The molecule has 5 heterocycles. The summed E-state index contributed by atoms with van der Waals surface area (Å²) in [4.78, 5) is 44.0. The van der Waals surface area contributed by atoms with Crippen LogP contribution in [-0.4, -0.2) is 149 Å². The number of piperazine rings is 2. The third kappa shape index (κ3) is 16.3.